The van der Waals surface area contributed by atoms with Gasteiger partial charge in [0.15, 0.2) is 0 Å². The molecule has 1 radical (unpaired) electrons. The molecule has 7 nitrogen and oxygen atoms in total. The number of anilines is 1. The van der Waals surface area contributed by atoms with Gasteiger partial charge in [-0.15, -0.1) is 0 Å². The van der Waals surface area contributed by atoms with Crippen molar-refractivity contribution in [3.63, 3.8) is 0 Å². The van der Waals surface area contributed by atoms with Gasteiger partial charge in [0.05, 0.1) is 11.2 Å². The number of hydrogen-bond donors (Lipinski definition) is 1. The van der Waals surface area contributed by atoms with Crippen LogP contribution < -0.4 is 10.4 Å². The van der Waals surface area contributed by atoms with Crippen LogP contribution in [0.4, 0.5) is 10.6 Å². The SMILES string of the molecule is C[C@H]1CN(c2cc([B]OC(C)(C)C(C)(C)O)ccn2)CCN1C(=O)OC(C)(C)C. The number of hydrogen-bond acceptors (Lipinski definition) is 6. The average molecular weight is 404 g/mol. The van der Waals surface area contributed by atoms with Crippen LogP contribution in [0.2, 0.25) is 0 Å². The molecule has 0 aromatic carbocycles. The van der Waals surface area contributed by atoms with Crippen LogP contribution in [0.15, 0.2) is 18.3 Å². The summed E-state index contributed by atoms with van der Waals surface area (Å²) in [5.41, 5.74) is -1.34. The number of pyridine rings is 1. The van der Waals surface area contributed by atoms with Crippen LogP contribution in [0.1, 0.15) is 55.4 Å². The lowest BCUT2D eigenvalue weighted by molar-refractivity contribution is -0.0893. The lowest BCUT2D eigenvalue weighted by atomic mass is 9.83. The van der Waals surface area contributed by atoms with Crippen molar-refractivity contribution in [3.05, 3.63) is 18.3 Å². The zero-order valence-corrected chi connectivity index (χ0v) is 19.0. The van der Waals surface area contributed by atoms with Crippen LogP contribution in [-0.2, 0) is 9.39 Å². The summed E-state index contributed by atoms with van der Waals surface area (Å²) in [5.74, 6) is 0.833. The highest BCUT2D eigenvalue weighted by atomic mass is 16.6. The molecule has 0 saturated carbocycles. The molecule has 2 heterocycles. The van der Waals surface area contributed by atoms with Crippen LogP contribution >= 0.6 is 0 Å². The van der Waals surface area contributed by atoms with E-state index in [1.807, 2.05) is 53.7 Å². The summed E-state index contributed by atoms with van der Waals surface area (Å²) >= 11 is 0. The van der Waals surface area contributed by atoms with Gasteiger partial charge in [-0.25, -0.2) is 9.78 Å². The summed E-state index contributed by atoms with van der Waals surface area (Å²) in [5, 5.41) is 10.2. The third-order valence-corrected chi connectivity index (χ3v) is 5.31. The fourth-order valence-corrected chi connectivity index (χ4v) is 2.80. The molecule has 1 atom stereocenters. The molecule has 161 valence electrons. The van der Waals surface area contributed by atoms with E-state index in [1.54, 1.807) is 32.4 Å². The summed E-state index contributed by atoms with van der Waals surface area (Å²) in [7, 11) is 1.66. The van der Waals surface area contributed by atoms with Crippen LogP contribution in [0, 0.1) is 0 Å². The van der Waals surface area contributed by atoms with Crippen molar-refractivity contribution in [2.24, 2.45) is 0 Å². The smallest absolute Gasteiger partial charge is 0.410 e. The second kappa shape index (κ2) is 8.52. The lowest BCUT2D eigenvalue weighted by Gasteiger charge is -2.40. The summed E-state index contributed by atoms with van der Waals surface area (Å²) in [6.45, 7) is 16.7. The summed E-state index contributed by atoms with van der Waals surface area (Å²) in [6, 6.07) is 3.83. The van der Waals surface area contributed by atoms with E-state index in [0.29, 0.717) is 19.6 Å². The number of rotatable bonds is 5. The molecule has 1 fully saturated rings. The maximum atomic E-state index is 12.4. The zero-order chi connectivity index (χ0) is 22.0. The molecular weight excluding hydrogens is 369 g/mol. The first kappa shape index (κ1) is 23.5. The van der Waals surface area contributed by atoms with Crippen molar-refractivity contribution >= 4 is 24.9 Å². The number of piperazine rings is 1. The molecule has 1 aliphatic heterocycles. The van der Waals surface area contributed by atoms with Crippen molar-refractivity contribution < 1.29 is 19.3 Å². The number of carbonyl (C=O) groups excluding carboxylic acids is 1. The number of aromatic nitrogens is 1. The van der Waals surface area contributed by atoms with Gasteiger partial charge in [0.25, 0.3) is 0 Å². The van der Waals surface area contributed by atoms with Crippen LogP contribution in [0.5, 0.6) is 0 Å². The van der Waals surface area contributed by atoms with Crippen molar-refractivity contribution in [1.29, 1.82) is 0 Å². The molecule has 1 N–H and O–H groups in total. The Hall–Kier alpha value is -1.80. The van der Waals surface area contributed by atoms with E-state index in [-0.39, 0.29) is 12.1 Å². The largest absolute Gasteiger partial charge is 0.444 e. The van der Waals surface area contributed by atoms with Crippen molar-refractivity contribution in [1.82, 2.24) is 9.88 Å². The molecule has 1 aromatic rings. The first-order valence-electron chi connectivity index (χ1n) is 10.1. The number of nitrogens with zero attached hydrogens (tertiary/aromatic N) is 3. The molecule has 2 rings (SSSR count). The minimum absolute atomic E-state index is 0.0124. The van der Waals surface area contributed by atoms with E-state index in [0.717, 1.165) is 11.3 Å². The van der Waals surface area contributed by atoms with Gasteiger partial charge in [-0.3, -0.25) is 0 Å². The molecule has 29 heavy (non-hydrogen) atoms. The highest BCUT2D eigenvalue weighted by Gasteiger charge is 2.36. The monoisotopic (exact) mass is 404 g/mol. The number of aliphatic hydroxyl groups is 1. The predicted molar refractivity (Wildman–Crippen MR) is 116 cm³/mol. The van der Waals surface area contributed by atoms with Crippen molar-refractivity contribution in [2.45, 2.75) is 78.2 Å². The standard InChI is InChI=1S/C21H35BN3O4/c1-15-14-24(11-12-25(15)18(26)28-19(2,3)4)17-13-16(9-10-23-17)22-29-21(7,8)20(5,6)27/h9-10,13,15,27H,11-12,14H2,1-8H3/t15-/m0/s1. The highest BCUT2D eigenvalue weighted by molar-refractivity contribution is 6.47. The van der Waals surface area contributed by atoms with E-state index in [9.17, 15) is 9.90 Å². The minimum Gasteiger partial charge on any atom is -0.444 e. The fraction of sp³-hybridized carbons (Fsp3) is 0.714. The molecule has 1 aromatic heterocycles. The normalized spacial score (nSPS) is 18.6. The topological polar surface area (TPSA) is 75.1 Å². The van der Waals surface area contributed by atoms with Gasteiger partial charge < -0.3 is 24.3 Å². The van der Waals surface area contributed by atoms with Gasteiger partial charge in [-0.05, 0) is 73.0 Å². The maximum Gasteiger partial charge on any atom is 0.410 e. The minimum atomic E-state index is -0.979. The molecule has 8 heteroatoms. The van der Waals surface area contributed by atoms with Gasteiger partial charge in [-0.2, -0.15) is 0 Å². The van der Waals surface area contributed by atoms with E-state index in [4.69, 9.17) is 9.39 Å². The Bertz CT molecular complexity index is 713. The van der Waals surface area contributed by atoms with Crippen LogP contribution in [0.3, 0.4) is 0 Å². The predicted octanol–water partition coefficient (Wildman–Crippen LogP) is 2.34. The third kappa shape index (κ3) is 6.34. The Labute approximate surface area is 175 Å². The first-order valence-corrected chi connectivity index (χ1v) is 10.1. The molecule has 0 unspecified atom stereocenters. The van der Waals surface area contributed by atoms with Gasteiger partial charge in [-0.1, -0.05) is 0 Å². The van der Waals surface area contributed by atoms with Gasteiger partial charge in [0, 0.05) is 31.9 Å². The first-order chi connectivity index (χ1) is 13.2. The Morgan fingerprint density at radius 1 is 1.21 bits per heavy atom. The highest BCUT2D eigenvalue weighted by Crippen LogP contribution is 2.24. The molecule has 1 saturated heterocycles. The van der Waals surface area contributed by atoms with E-state index in [2.05, 4.69) is 9.88 Å². The van der Waals surface area contributed by atoms with E-state index >= 15 is 0 Å². The second-order valence-electron chi connectivity index (χ2n) is 9.72. The lowest BCUT2D eigenvalue weighted by Crippen LogP contribution is -2.55. The second-order valence-corrected chi connectivity index (χ2v) is 9.72. The average Bonchev–Trinajstić information content (AvgIpc) is 2.57. The van der Waals surface area contributed by atoms with E-state index in [1.165, 1.54) is 0 Å². The van der Waals surface area contributed by atoms with Gasteiger partial charge >= 0.3 is 13.6 Å². The number of amides is 1. The van der Waals surface area contributed by atoms with Crippen LogP contribution in [0.25, 0.3) is 0 Å². The third-order valence-electron chi connectivity index (χ3n) is 5.31. The van der Waals surface area contributed by atoms with Gasteiger partial charge in [0.1, 0.15) is 11.4 Å². The molecule has 0 aliphatic carbocycles. The summed E-state index contributed by atoms with van der Waals surface area (Å²) in [4.78, 5) is 20.8. The van der Waals surface area contributed by atoms with Crippen molar-refractivity contribution in [2.75, 3.05) is 24.5 Å². The van der Waals surface area contributed by atoms with Crippen molar-refractivity contribution in [3.8, 4) is 0 Å². The fourth-order valence-electron chi connectivity index (χ4n) is 2.80. The Morgan fingerprint density at radius 3 is 2.41 bits per heavy atom. The molecule has 1 aliphatic rings. The molecule has 1 amide bonds. The Balaban J connectivity index is 2.01. The molecule has 0 bridgehead atoms. The number of ether oxygens (including phenoxy) is 1. The summed E-state index contributed by atoms with van der Waals surface area (Å²) in [6.07, 6.45) is 1.47. The van der Waals surface area contributed by atoms with Crippen LogP contribution in [-0.4, -0.2) is 71.0 Å². The Morgan fingerprint density at radius 2 is 1.86 bits per heavy atom. The zero-order valence-electron chi connectivity index (χ0n) is 19.0. The summed E-state index contributed by atoms with van der Waals surface area (Å²) < 4.78 is 11.4. The number of carbonyl (C=O) groups is 1. The Kier molecular flexibility index (Phi) is 6.90. The van der Waals surface area contributed by atoms with E-state index < -0.39 is 16.8 Å². The maximum absolute atomic E-state index is 12.4. The molecular formula is C21H35BN3O4. The van der Waals surface area contributed by atoms with Gasteiger partial charge in [0.2, 0.25) is 0 Å². The quantitative estimate of drug-likeness (QED) is 0.760. The molecule has 0 spiro atoms.